The molecule has 0 N–H and O–H groups in total. The third-order valence-electron chi connectivity index (χ3n) is 5.16. The highest BCUT2D eigenvalue weighted by Crippen LogP contribution is 2.50. The molecule has 0 amide bonds. The maximum absolute atomic E-state index is 2.36. The van der Waals surface area contributed by atoms with Crippen molar-refractivity contribution in [1.82, 2.24) is 4.90 Å². The molecule has 0 saturated heterocycles. The van der Waals surface area contributed by atoms with E-state index in [1.807, 2.05) is 11.3 Å². The summed E-state index contributed by atoms with van der Waals surface area (Å²) in [7, 11) is 4.40. The van der Waals surface area contributed by atoms with Crippen LogP contribution in [0.3, 0.4) is 0 Å². The second-order valence-corrected chi connectivity index (χ2v) is 7.92. The first-order chi connectivity index (χ1) is 10.2. The molecule has 2 aliphatic rings. The Bertz CT molecular complexity index is 694. The van der Waals surface area contributed by atoms with Gasteiger partial charge in [-0.1, -0.05) is 17.7 Å². The zero-order valence-electron chi connectivity index (χ0n) is 12.9. The van der Waals surface area contributed by atoms with Crippen LogP contribution in [0.5, 0.6) is 0 Å². The first-order valence-corrected chi connectivity index (χ1v) is 8.93. The second-order valence-electron chi connectivity index (χ2n) is 6.97. The van der Waals surface area contributed by atoms with Crippen LogP contribution in [0.1, 0.15) is 31.2 Å². The minimum atomic E-state index is 0.809. The lowest BCUT2D eigenvalue weighted by atomic mass is 9.79. The first kappa shape index (κ1) is 13.5. The fourth-order valence-electron chi connectivity index (χ4n) is 4.44. The predicted molar refractivity (Wildman–Crippen MR) is 92.7 cm³/mol. The van der Waals surface area contributed by atoms with Crippen molar-refractivity contribution >= 4 is 27.0 Å². The molecule has 0 unspecified atom stereocenters. The zero-order chi connectivity index (χ0) is 14.4. The molecule has 1 nitrogen and oxygen atoms in total. The van der Waals surface area contributed by atoms with Crippen LogP contribution in [0.15, 0.2) is 35.2 Å². The molecule has 21 heavy (non-hydrogen) atoms. The summed E-state index contributed by atoms with van der Waals surface area (Å²) in [4.78, 5) is 2.34. The molecule has 2 aromatic rings. The molecule has 0 radical (unpaired) electrons. The average molecular weight is 297 g/mol. The van der Waals surface area contributed by atoms with Crippen LogP contribution in [0, 0.1) is 11.8 Å². The highest BCUT2D eigenvalue weighted by molar-refractivity contribution is 7.17. The van der Waals surface area contributed by atoms with Crippen molar-refractivity contribution < 1.29 is 0 Å². The van der Waals surface area contributed by atoms with Gasteiger partial charge in [0.05, 0.1) is 0 Å². The van der Waals surface area contributed by atoms with E-state index in [-0.39, 0.29) is 0 Å². The minimum absolute atomic E-state index is 0.809. The lowest BCUT2D eigenvalue weighted by Crippen LogP contribution is -2.21. The van der Waals surface area contributed by atoms with Crippen molar-refractivity contribution in [1.29, 1.82) is 0 Å². The monoisotopic (exact) mass is 297 g/mol. The molecule has 1 saturated carbocycles. The summed E-state index contributed by atoms with van der Waals surface area (Å²) < 4.78 is 1.43. The summed E-state index contributed by atoms with van der Waals surface area (Å²) in [5.41, 5.74) is 4.93. The van der Waals surface area contributed by atoms with Crippen molar-refractivity contribution in [3.05, 3.63) is 40.8 Å². The molecule has 2 atom stereocenters. The van der Waals surface area contributed by atoms with Gasteiger partial charge in [-0.2, -0.15) is 0 Å². The van der Waals surface area contributed by atoms with Gasteiger partial charge in [0.25, 0.3) is 0 Å². The summed E-state index contributed by atoms with van der Waals surface area (Å²) in [6.07, 6.45) is 5.58. The number of allylic oxidation sites excluding steroid dienone is 1. The molecule has 1 fully saturated rings. The fraction of sp³-hybridized carbons (Fsp3) is 0.474. The number of thiophene rings is 1. The first-order valence-electron chi connectivity index (χ1n) is 8.05. The molecule has 110 valence electrons. The van der Waals surface area contributed by atoms with Gasteiger partial charge in [0, 0.05) is 11.2 Å². The fourth-order valence-corrected chi connectivity index (χ4v) is 5.25. The molecule has 4 rings (SSSR count). The third-order valence-corrected chi connectivity index (χ3v) is 6.04. The molecule has 0 spiro atoms. The lowest BCUT2D eigenvalue weighted by Gasteiger charge is -2.29. The van der Waals surface area contributed by atoms with Crippen molar-refractivity contribution in [2.24, 2.45) is 11.8 Å². The number of benzene rings is 1. The van der Waals surface area contributed by atoms with Crippen LogP contribution < -0.4 is 0 Å². The Kier molecular flexibility index (Phi) is 3.39. The Morgan fingerprint density at radius 3 is 2.95 bits per heavy atom. The van der Waals surface area contributed by atoms with Gasteiger partial charge < -0.3 is 4.90 Å². The second kappa shape index (κ2) is 5.26. The maximum Gasteiger partial charge on any atom is 0.0348 e. The van der Waals surface area contributed by atoms with E-state index in [0.717, 1.165) is 18.4 Å². The molecule has 1 heterocycles. The maximum atomic E-state index is 2.36. The molecule has 2 aliphatic carbocycles. The number of hydrogen-bond donors (Lipinski definition) is 0. The van der Waals surface area contributed by atoms with Crippen molar-refractivity contribution in [2.45, 2.75) is 25.7 Å². The van der Waals surface area contributed by atoms with E-state index in [1.54, 1.807) is 11.1 Å². The molecule has 1 aromatic heterocycles. The predicted octanol–water partition coefficient (Wildman–Crippen LogP) is 5.04. The molecule has 1 aromatic carbocycles. The van der Waals surface area contributed by atoms with Crippen molar-refractivity contribution in [2.75, 3.05) is 20.6 Å². The number of fused-ring (bicyclic) bond motifs is 3. The number of nitrogens with zero attached hydrogens (tertiary/aromatic N) is 1. The average Bonchev–Trinajstić information content (AvgIpc) is 3.05. The van der Waals surface area contributed by atoms with Gasteiger partial charge >= 0.3 is 0 Å². The van der Waals surface area contributed by atoms with Gasteiger partial charge in [-0.15, -0.1) is 11.3 Å². The SMILES string of the molecule is CN(C)CC1=C(c2cccc3sccc23)[C@@H]2CC[C@@H](C1)C2. The molecular formula is C19H23NS. The van der Waals surface area contributed by atoms with Crippen LogP contribution in [0.4, 0.5) is 0 Å². The van der Waals surface area contributed by atoms with Gasteiger partial charge in [-0.25, -0.2) is 0 Å². The summed E-state index contributed by atoms with van der Waals surface area (Å²) >= 11 is 1.87. The smallest absolute Gasteiger partial charge is 0.0348 e. The molecule has 0 aliphatic heterocycles. The van der Waals surface area contributed by atoms with Crippen LogP contribution in [-0.4, -0.2) is 25.5 Å². The standard InChI is InChI=1S/C19H23NS/c1-20(2)12-15-11-13-6-7-14(10-13)19(15)17-4-3-5-18-16(17)8-9-21-18/h3-5,8-9,13-14H,6-7,10-12H2,1-2H3/t13-,14-/m1/s1. The topological polar surface area (TPSA) is 3.24 Å². The van der Waals surface area contributed by atoms with Crippen LogP contribution >= 0.6 is 11.3 Å². The normalized spacial score (nSPS) is 25.3. The van der Waals surface area contributed by atoms with E-state index in [9.17, 15) is 0 Å². The molecule has 2 heteroatoms. The highest BCUT2D eigenvalue weighted by atomic mass is 32.1. The number of hydrogen-bond acceptors (Lipinski definition) is 2. The third kappa shape index (κ3) is 2.35. The van der Waals surface area contributed by atoms with Crippen LogP contribution in [0.2, 0.25) is 0 Å². The Hall–Kier alpha value is -1.12. The van der Waals surface area contributed by atoms with Crippen molar-refractivity contribution in [3.63, 3.8) is 0 Å². The summed E-state index contributed by atoms with van der Waals surface area (Å²) in [5, 5.41) is 3.71. The van der Waals surface area contributed by atoms with Gasteiger partial charge in [0.1, 0.15) is 0 Å². The van der Waals surface area contributed by atoms with Crippen LogP contribution in [0.25, 0.3) is 15.7 Å². The van der Waals surface area contributed by atoms with Gasteiger partial charge in [-0.3, -0.25) is 0 Å². The van der Waals surface area contributed by atoms with E-state index in [2.05, 4.69) is 48.6 Å². The summed E-state index contributed by atoms with van der Waals surface area (Å²) in [6, 6.07) is 9.18. The van der Waals surface area contributed by atoms with Gasteiger partial charge in [0.15, 0.2) is 0 Å². The van der Waals surface area contributed by atoms with Crippen molar-refractivity contribution in [3.8, 4) is 0 Å². The number of rotatable bonds is 3. The Balaban J connectivity index is 1.89. The molecule has 2 bridgehead atoms. The van der Waals surface area contributed by atoms with Crippen LogP contribution in [-0.2, 0) is 0 Å². The Labute approximate surface area is 131 Å². The van der Waals surface area contributed by atoms with E-state index in [4.69, 9.17) is 0 Å². The lowest BCUT2D eigenvalue weighted by molar-refractivity contribution is 0.413. The summed E-state index contributed by atoms with van der Waals surface area (Å²) in [5.74, 6) is 1.76. The van der Waals surface area contributed by atoms with Gasteiger partial charge in [-0.05, 0) is 85.7 Å². The Morgan fingerprint density at radius 2 is 2.10 bits per heavy atom. The van der Waals surface area contributed by atoms with E-state index < -0.39 is 0 Å². The Morgan fingerprint density at radius 1 is 1.19 bits per heavy atom. The zero-order valence-corrected chi connectivity index (χ0v) is 13.7. The quantitative estimate of drug-likeness (QED) is 0.767. The van der Waals surface area contributed by atoms with Gasteiger partial charge in [0.2, 0.25) is 0 Å². The minimum Gasteiger partial charge on any atom is -0.305 e. The largest absolute Gasteiger partial charge is 0.305 e. The number of likely N-dealkylation sites (N-methyl/N-ethyl adjacent to an activating group) is 1. The van der Waals surface area contributed by atoms with E-state index >= 15 is 0 Å². The molecular weight excluding hydrogens is 274 g/mol. The summed E-state index contributed by atoms with van der Waals surface area (Å²) in [6.45, 7) is 1.13. The highest BCUT2D eigenvalue weighted by Gasteiger charge is 2.35. The van der Waals surface area contributed by atoms with E-state index in [0.29, 0.717) is 0 Å². The van der Waals surface area contributed by atoms with E-state index in [1.165, 1.54) is 41.3 Å².